The highest BCUT2D eigenvalue weighted by Gasteiger charge is 2.17. The minimum Gasteiger partial charge on any atom is -0.349 e. The monoisotopic (exact) mass is 366 g/mol. The number of hydrogen-bond acceptors (Lipinski definition) is 3. The van der Waals surface area contributed by atoms with E-state index in [1.807, 2.05) is 30.1 Å². The molecule has 2 aromatic rings. The Bertz CT molecular complexity index is 755. The van der Waals surface area contributed by atoms with E-state index in [9.17, 15) is 0 Å². The first-order chi connectivity index (χ1) is 11.6. The minimum absolute atomic E-state index is 0.560. The predicted molar refractivity (Wildman–Crippen MR) is 96.5 cm³/mol. The highest BCUT2D eigenvalue weighted by Crippen LogP contribution is 2.23. The summed E-state index contributed by atoms with van der Waals surface area (Å²) in [6, 6.07) is 5.64. The van der Waals surface area contributed by atoms with Crippen molar-refractivity contribution in [2.24, 2.45) is 4.99 Å². The van der Waals surface area contributed by atoms with Crippen LogP contribution in [0.1, 0.15) is 23.6 Å². The highest BCUT2D eigenvalue weighted by atomic mass is 35.5. The molecule has 1 aliphatic rings. The maximum atomic E-state index is 6.08. The number of guanidine groups is 1. The average molecular weight is 367 g/mol. The summed E-state index contributed by atoms with van der Waals surface area (Å²) in [5.74, 6) is 2.81. The average Bonchev–Trinajstić information content (AvgIpc) is 3.16. The van der Waals surface area contributed by atoms with Crippen LogP contribution in [0.3, 0.4) is 0 Å². The Labute approximate surface area is 151 Å². The van der Waals surface area contributed by atoms with E-state index < -0.39 is 0 Å². The molecule has 0 spiro atoms. The zero-order valence-electron chi connectivity index (χ0n) is 13.8. The molecule has 0 atom stereocenters. The summed E-state index contributed by atoms with van der Waals surface area (Å²) in [6.45, 7) is 2.27. The SMILES string of the molecule is CN=C(NCc1nnc2n1CCC2)N(C)Cc1ccc(Cl)c(Cl)c1. The Hall–Kier alpha value is -1.79. The van der Waals surface area contributed by atoms with Crippen molar-refractivity contribution in [3.05, 3.63) is 45.5 Å². The second-order valence-electron chi connectivity index (χ2n) is 5.79. The topological polar surface area (TPSA) is 58.3 Å². The van der Waals surface area contributed by atoms with Crippen molar-refractivity contribution in [2.45, 2.75) is 32.5 Å². The molecule has 1 aromatic heterocycles. The van der Waals surface area contributed by atoms with Crippen molar-refractivity contribution >= 4 is 29.2 Å². The van der Waals surface area contributed by atoms with Crippen LogP contribution in [0.15, 0.2) is 23.2 Å². The summed E-state index contributed by atoms with van der Waals surface area (Å²) in [7, 11) is 3.74. The van der Waals surface area contributed by atoms with Gasteiger partial charge in [0, 0.05) is 33.6 Å². The van der Waals surface area contributed by atoms with Crippen LogP contribution in [0.2, 0.25) is 10.0 Å². The largest absolute Gasteiger partial charge is 0.349 e. The molecule has 0 radical (unpaired) electrons. The zero-order chi connectivity index (χ0) is 17.1. The molecule has 128 valence electrons. The van der Waals surface area contributed by atoms with Crippen molar-refractivity contribution < 1.29 is 0 Å². The van der Waals surface area contributed by atoms with E-state index in [1.54, 1.807) is 7.05 Å². The van der Waals surface area contributed by atoms with E-state index in [2.05, 4.69) is 25.1 Å². The lowest BCUT2D eigenvalue weighted by Crippen LogP contribution is -2.38. The Balaban J connectivity index is 1.61. The van der Waals surface area contributed by atoms with Crippen LogP contribution in [-0.2, 0) is 26.1 Å². The first kappa shape index (κ1) is 17.0. The molecule has 0 amide bonds. The van der Waals surface area contributed by atoms with E-state index in [4.69, 9.17) is 23.2 Å². The molecule has 1 N–H and O–H groups in total. The molecule has 0 saturated carbocycles. The molecule has 24 heavy (non-hydrogen) atoms. The maximum absolute atomic E-state index is 6.08. The number of hydrogen-bond donors (Lipinski definition) is 1. The Morgan fingerprint density at radius 1 is 1.33 bits per heavy atom. The van der Waals surface area contributed by atoms with Gasteiger partial charge in [-0.15, -0.1) is 10.2 Å². The van der Waals surface area contributed by atoms with Gasteiger partial charge in [-0.1, -0.05) is 29.3 Å². The summed E-state index contributed by atoms with van der Waals surface area (Å²) >= 11 is 12.0. The van der Waals surface area contributed by atoms with E-state index in [-0.39, 0.29) is 0 Å². The summed E-state index contributed by atoms with van der Waals surface area (Å²) in [4.78, 5) is 6.36. The normalized spacial score (nSPS) is 13.9. The van der Waals surface area contributed by atoms with Gasteiger partial charge in [0.2, 0.25) is 0 Å². The maximum Gasteiger partial charge on any atom is 0.194 e. The Kier molecular flexibility index (Phi) is 5.26. The lowest BCUT2D eigenvalue weighted by atomic mass is 10.2. The molecule has 1 aromatic carbocycles. The third-order valence-corrected chi connectivity index (χ3v) is 4.81. The first-order valence-corrected chi connectivity index (χ1v) is 8.60. The lowest BCUT2D eigenvalue weighted by molar-refractivity contribution is 0.474. The smallest absolute Gasteiger partial charge is 0.194 e. The molecule has 6 nitrogen and oxygen atoms in total. The number of aromatic nitrogens is 3. The molecule has 0 fully saturated rings. The van der Waals surface area contributed by atoms with Crippen LogP contribution in [-0.4, -0.2) is 39.7 Å². The van der Waals surface area contributed by atoms with Crippen LogP contribution in [0.25, 0.3) is 0 Å². The molecular weight excluding hydrogens is 347 g/mol. The number of aliphatic imine (C=N–C) groups is 1. The highest BCUT2D eigenvalue weighted by molar-refractivity contribution is 6.42. The van der Waals surface area contributed by atoms with E-state index in [0.29, 0.717) is 23.1 Å². The molecule has 3 rings (SSSR count). The fraction of sp³-hybridized carbons (Fsp3) is 0.438. The fourth-order valence-electron chi connectivity index (χ4n) is 2.87. The van der Waals surface area contributed by atoms with Gasteiger partial charge in [-0.25, -0.2) is 0 Å². The Morgan fingerprint density at radius 2 is 2.17 bits per heavy atom. The van der Waals surface area contributed by atoms with Gasteiger partial charge < -0.3 is 14.8 Å². The number of aryl methyl sites for hydroxylation is 1. The standard InChI is InChI=1S/C16H20Cl2N6/c1-19-16(20-9-15-22-21-14-4-3-7-24(14)15)23(2)10-11-5-6-12(17)13(18)8-11/h5-6,8H,3-4,7,9-10H2,1-2H3,(H,19,20). The number of nitrogens with one attached hydrogen (secondary N) is 1. The van der Waals surface area contributed by atoms with E-state index >= 15 is 0 Å². The number of rotatable bonds is 4. The molecule has 1 aliphatic heterocycles. The second-order valence-corrected chi connectivity index (χ2v) is 6.61. The number of benzene rings is 1. The fourth-order valence-corrected chi connectivity index (χ4v) is 3.19. The van der Waals surface area contributed by atoms with Gasteiger partial charge in [0.15, 0.2) is 11.8 Å². The van der Waals surface area contributed by atoms with Crippen LogP contribution >= 0.6 is 23.2 Å². The third kappa shape index (κ3) is 3.65. The van der Waals surface area contributed by atoms with Crippen molar-refractivity contribution in [3.8, 4) is 0 Å². The van der Waals surface area contributed by atoms with Crippen LogP contribution in [0.4, 0.5) is 0 Å². The number of fused-ring (bicyclic) bond motifs is 1. The number of nitrogens with zero attached hydrogens (tertiary/aromatic N) is 5. The summed E-state index contributed by atoms with van der Waals surface area (Å²) < 4.78 is 2.18. The van der Waals surface area contributed by atoms with Crippen molar-refractivity contribution in [2.75, 3.05) is 14.1 Å². The Morgan fingerprint density at radius 3 is 2.92 bits per heavy atom. The summed E-state index contributed by atoms with van der Waals surface area (Å²) in [5.41, 5.74) is 1.07. The van der Waals surface area contributed by atoms with E-state index in [1.165, 1.54) is 0 Å². The van der Waals surface area contributed by atoms with Crippen LogP contribution < -0.4 is 5.32 Å². The second kappa shape index (κ2) is 7.40. The van der Waals surface area contributed by atoms with Gasteiger partial charge in [-0.05, 0) is 24.1 Å². The van der Waals surface area contributed by atoms with Crippen molar-refractivity contribution in [1.29, 1.82) is 0 Å². The van der Waals surface area contributed by atoms with Gasteiger partial charge in [0.25, 0.3) is 0 Å². The summed E-state index contributed by atoms with van der Waals surface area (Å²) in [5, 5.41) is 12.9. The molecule has 2 heterocycles. The molecule has 0 saturated heterocycles. The van der Waals surface area contributed by atoms with Crippen molar-refractivity contribution in [3.63, 3.8) is 0 Å². The molecule has 0 bridgehead atoms. The van der Waals surface area contributed by atoms with E-state index in [0.717, 1.165) is 42.6 Å². The van der Waals surface area contributed by atoms with Crippen molar-refractivity contribution in [1.82, 2.24) is 25.0 Å². The summed E-state index contributed by atoms with van der Waals surface area (Å²) in [6.07, 6.45) is 2.16. The molecule has 0 unspecified atom stereocenters. The van der Waals surface area contributed by atoms with Crippen LogP contribution in [0, 0.1) is 0 Å². The first-order valence-electron chi connectivity index (χ1n) is 7.85. The zero-order valence-corrected chi connectivity index (χ0v) is 15.3. The predicted octanol–water partition coefficient (Wildman–Crippen LogP) is 2.74. The quantitative estimate of drug-likeness (QED) is 0.667. The lowest BCUT2D eigenvalue weighted by Gasteiger charge is -2.22. The third-order valence-electron chi connectivity index (χ3n) is 4.07. The van der Waals surface area contributed by atoms with Gasteiger partial charge >= 0.3 is 0 Å². The van der Waals surface area contributed by atoms with Gasteiger partial charge in [0.1, 0.15) is 5.82 Å². The van der Waals surface area contributed by atoms with Gasteiger partial charge in [-0.3, -0.25) is 4.99 Å². The van der Waals surface area contributed by atoms with Gasteiger partial charge in [0.05, 0.1) is 16.6 Å². The molecular formula is C16H20Cl2N6. The minimum atomic E-state index is 0.560. The molecule has 8 heteroatoms. The van der Waals surface area contributed by atoms with Crippen LogP contribution in [0.5, 0.6) is 0 Å². The van der Waals surface area contributed by atoms with Gasteiger partial charge in [-0.2, -0.15) is 0 Å². The number of halogens is 2. The molecule has 0 aliphatic carbocycles.